The lowest BCUT2D eigenvalue weighted by molar-refractivity contribution is -0.542. The van der Waals surface area contributed by atoms with Gasteiger partial charge in [0.25, 0.3) is 6.33 Å². The van der Waals surface area contributed by atoms with E-state index in [4.69, 9.17) is 109 Å². The maximum Gasteiger partial charge on any atom is 0.388 e. The second-order valence-electron chi connectivity index (χ2n) is 28.8. The first kappa shape index (κ1) is 92.6. The van der Waals surface area contributed by atoms with E-state index < -0.39 is 20.7 Å². The fourth-order valence-corrected chi connectivity index (χ4v) is 14.5. The number of hydrogen-bond acceptors (Lipinski definition) is 36. The summed E-state index contributed by atoms with van der Waals surface area (Å²) in [6, 6.07) is 39.8. The van der Waals surface area contributed by atoms with Gasteiger partial charge in [-0.25, -0.2) is 43.6 Å². The van der Waals surface area contributed by atoms with Crippen LogP contribution in [0.3, 0.4) is 0 Å². The molecule has 18 heterocycles. The SMILES string of the molecule is CO.Clc1nc(Cl)c2cccn2n1.Clc1nc(Nc2cn(-c3ccc4c(c3)OCCO4)cn2)c2cccn2n1.Nc1ccc2c(c1)OCCO2.Nc1cn(-c2ccc3c(c2)OCCO3)cn1.O=[N+]([O-])c1cn(-c2ccc3c(c2)OCCO3)cn1.O=[N+]([O-])c1cn([N+](=O)[O-])cn1.OC[C@@H]1CCCN1.OC[C@@H]1CCCN1c1nc(Nc2cn(-c3ccc4c(c3)OCCO4)cn2)c2cccn2n1.[HH]. The van der Waals surface area contributed by atoms with Crippen LogP contribution in [0.2, 0.25) is 15.7 Å². The van der Waals surface area contributed by atoms with Gasteiger partial charge in [-0.1, -0.05) is 11.6 Å². The number of rotatable bonds is 14. The van der Waals surface area contributed by atoms with Gasteiger partial charge in [-0.05, 0) is 177 Å². The van der Waals surface area contributed by atoms with Crippen LogP contribution in [0.4, 0.5) is 52.4 Å². The third-order valence-corrected chi connectivity index (χ3v) is 20.7. The molecule has 134 heavy (non-hydrogen) atoms. The van der Waals surface area contributed by atoms with Crippen LogP contribution in [0, 0.1) is 30.3 Å². The summed E-state index contributed by atoms with van der Waals surface area (Å²) in [6.07, 6.45) is 24.7. The molecule has 0 amide bonds. The lowest BCUT2D eigenvalue weighted by Gasteiger charge is -2.23. The quantitative estimate of drug-likeness (QED) is 0.0285. The molecule has 2 atom stereocenters. The van der Waals surface area contributed by atoms with Gasteiger partial charge in [-0.15, -0.1) is 15.3 Å². The maximum absolute atomic E-state index is 10.6. The van der Waals surface area contributed by atoms with Crippen molar-refractivity contribution < 1.29 is 79.0 Å². The van der Waals surface area contributed by atoms with Gasteiger partial charge in [0, 0.05) is 75.7 Å². The second kappa shape index (κ2) is 44.0. The lowest BCUT2D eigenvalue weighted by Crippen LogP contribution is -2.34. The smallest absolute Gasteiger partial charge is 0.388 e. The topological polar surface area (TPSA) is 553 Å². The fourth-order valence-electron chi connectivity index (χ4n) is 13.9. The fraction of sp³-hybridized carbons (Fsp3) is 0.250. The van der Waals surface area contributed by atoms with Crippen molar-refractivity contribution in [3.8, 4) is 80.2 Å². The first-order chi connectivity index (χ1) is 65.3. The van der Waals surface area contributed by atoms with Crippen LogP contribution in [-0.4, -0.2) is 233 Å². The van der Waals surface area contributed by atoms with Gasteiger partial charge in [0.05, 0.1) is 60.6 Å². The number of nitro groups is 3. The number of anilines is 7. The van der Waals surface area contributed by atoms with Crippen LogP contribution >= 0.6 is 34.8 Å². The molecule has 7 aliphatic rings. The van der Waals surface area contributed by atoms with E-state index in [1.165, 1.54) is 18.9 Å². The van der Waals surface area contributed by atoms with E-state index in [0.717, 1.165) is 137 Å². The highest BCUT2D eigenvalue weighted by atomic mass is 35.5. The van der Waals surface area contributed by atoms with E-state index in [1.807, 2.05) is 136 Å². The number of aromatic nitrogens is 19. The molecule has 0 unspecified atom stereocenters. The van der Waals surface area contributed by atoms with Crippen molar-refractivity contribution >= 4 is 104 Å². The number of fused-ring (bicyclic) bond motifs is 8. The third kappa shape index (κ3) is 23.4. The average molecular weight is 1900 g/mol. The summed E-state index contributed by atoms with van der Waals surface area (Å²) in [7, 11) is 1.00. The van der Waals surface area contributed by atoms with Gasteiger partial charge < -0.3 is 129 Å². The normalized spacial score (nSPS) is 14.8. The molecule has 47 nitrogen and oxygen atoms in total. The molecule has 7 aliphatic heterocycles. The Balaban J connectivity index is 0.000000128. The highest BCUT2D eigenvalue weighted by Crippen LogP contribution is 2.38. The zero-order valence-electron chi connectivity index (χ0n) is 71.0. The molecule has 23 rings (SSSR count). The third-order valence-electron chi connectivity index (χ3n) is 20.1. The van der Waals surface area contributed by atoms with Crippen molar-refractivity contribution in [2.24, 2.45) is 0 Å². The Bertz CT molecular complexity index is 6700. The van der Waals surface area contributed by atoms with Gasteiger partial charge in [-0.3, -0.25) is 4.57 Å². The Hall–Kier alpha value is -16.1. The van der Waals surface area contributed by atoms with Crippen molar-refractivity contribution in [2.45, 2.75) is 37.8 Å². The number of nitrogens with zero attached hydrogens (tertiary/aromatic N) is 23. The number of ether oxygens (including phenoxy) is 10. The first-order valence-corrected chi connectivity index (χ1v) is 42.3. The maximum atomic E-state index is 10.6. The van der Waals surface area contributed by atoms with E-state index in [2.05, 4.69) is 71.0 Å². The molecule has 0 saturated carbocycles. The predicted molar refractivity (Wildman–Crippen MR) is 489 cm³/mol. The van der Waals surface area contributed by atoms with E-state index >= 15 is 0 Å². The molecule has 0 spiro atoms. The summed E-state index contributed by atoms with van der Waals surface area (Å²) in [5, 5.41) is 77.8. The minimum Gasteiger partial charge on any atom is -0.486 e. The number of benzene rings is 5. The van der Waals surface area contributed by atoms with Crippen molar-refractivity contribution in [2.75, 3.05) is 126 Å². The molecular weight excluding hydrogens is 1810 g/mol. The minimum atomic E-state index is -0.819. The van der Waals surface area contributed by atoms with Crippen molar-refractivity contribution in [3.63, 3.8) is 0 Å². The van der Waals surface area contributed by atoms with Gasteiger partial charge in [0.2, 0.25) is 22.8 Å². The summed E-state index contributed by atoms with van der Waals surface area (Å²) in [5.41, 5.74) is 17.8. The summed E-state index contributed by atoms with van der Waals surface area (Å²) in [6.45, 7) is 8.00. The van der Waals surface area contributed by atoms with Crippen molar-refractivity contribution in [3.05, 3.63) is 255 Å². The van der Waals surface area contributed by atoms with Gasteiger partial charge in [0.1, 0.15) is 125 Å². The number of nitrogen functional groups attached to an aromatic ring is 2. The molecule has 0 radical (unpaired) electrons. The molecule has 50 heteroatoms. The van der Waals surface area contributed by atoms with Gasteiger partial charge >= 0.3 is 11.6 Å². The van der Waals surface area contributed by atoms with Crippen molar-refractivity contribution in [1.29, 1.82) is 0 Å². The monoisotopic (exact) mass is 1900 g/mol. The van der Waals surface area contributed by atoms with Crippen LogP contribution < -0.4 is 79.7 Å². The number of halogens is 3. The molecular formula is C84H87Cl3N28O19. The standard InChI is InChI=1S/C22H23N7O3.C17H13ClN6O2.C11H9N3O4.C11H11N3O2.C8H9NO2.C6H3Cl2N3.C5H11NO.C3H2N4O4.CH4O.H2/c30-13-16-3-1-7-28(16)22-25-21(17-4-2-8-29(17)26-22)24-20-12-27(14-23-20)15-5-6-18-19(11-15)32-10-9-31-18;18-17-21-16(12-2-1-5-24(12)22-17)20-15-9-23(10-19-15)11-3-4-13-14(8-11)26-7-6-25-13;15-14(16)11-6-13(7-12-11)8-1-2-9-10(5-8)18-4-3-17-9;12-11-6-14(7-13-11)8-1-2-9-10(5-8)16-4-3-15-9;9-6-1-2-7-8(5-6)11-4-3-10-7;7-5-4-2-1-3-11(4)10-6(8)9-5;7-4-5-2-1-3-6-5;8-6(9)3-1-5(2-4-3)7(10)11;1-2;/h2,4-6,8,11-12,14,16,30H,1,3,7,9-10,13H2,(H,24,25,26);1-5,8-10H,6-7H2,(H,20,21,22);1-2,5-7H,3-4H2;1-2,5-7H,3-4,12H2;1-2,5H,3-4,9H2;1-3H;5-7H,1-4H2;1-2H;2H,1H3;1H/t16-;;;;;;5-;;;/m0.....0.../s1. The highest BCUT2D eigenvalue weighted by Gasteiger charge is 2.29. The molecule has 0 aliphatic carbocycles. The summed E-state index contributed by atoms with van der Waals surface area (Å²) in [5.74, 6) is 10.3. The Morgan fingerprint density at radius 1 is 0.455 bits per heavy atom. The van der Waals surface area contributed by atoms with E-state index in [9.17, 15) is 35.4 Å². The highest BCUT2D eigenvalue weighted by molar-refractivity contribution is 6.34. The van der Waals surface area contributed by atoms with Crippen LogP contribution in [0.1, 0.15) is 27.1 Å². The average Bonchev–Trinajstić information content (AvgIpc) is 1.60. The predicted octanol–water partition coefficient (Wildman–Crippen LogP) is 10.7. The Labute approximate surface area is 774 Å². The Kier molecular flexibility index (Phi) is 30.4. The van der Waals surface area contributed by atoms with Crippen LogP contribution in [-0.2, 0) is 0 Å². The molecule has 11 aromatic heterocycles. The Morgan fingerprint density at radius 2 is 0.866 bits per heavy atom. The number of aliphatic hydroxyl groups excluding tert-OH is 3. The van der Waals surface area contributed by atoms with Crippen LogP contribution in [0.5, 0.6) is 57.5 Å². The number of aliphatic hydroxyl groups is 3. The zero-order valence-corrected chi connectivity index (χ0v) is 73.2. The number of hydrogen-bond donors (Lipinski definition) is 8. The number of nitrogens with two attached hydrogens (primary N) is 2. The molecule has 698 valence electrons. The zero-order chi connectivity index (χ0) is 93.6. The minimum absolute atomic E-state index is 0. The van der Waals surface area contributed by atoms with E-state index in [-0.39, 0.29) is 30.5 Å². The molecule has 16 aromatic rings. The molecule has 0 bridgehead atoms. The summed E-state index contributed by atoms with van der Waals surface area (Å²) < 4.78 is 67.5. The summed E-state index contributed by atoms with van der Waals surface area (Å²) >= 11 is 17.3. The van der Waals surface area contributed by atoms with E-state index in [1.54, 1.807) is 79.8 Å². The van der Waals surface area contributed by atoms with Gasteiger partial charge in [0.15, 0.2) is 85.5 Å². The summed E-state index contributed by atoms with van der Waals surface area (Å²) in [4.78, 5) is 63.7. The molecule has 2 fully saturated rings. The number of nitrogens with one attached hydrogen (secondary N) is 3. The lowest BCUT2D eigenvalue weighted by atomic mass is 10.2. The Morgan fingerprint density at radius 3 is 1.29 bits per heavy atom. The van der Waals surface area contributed by atoms with E-state index in [0.29, 0.717) is 141 Å². The van der Waals surface area contributed by atoms with Crippen LogP contribution in [0.25, 0.3) is 39.3 Å². The second-order valence-corrected chi connectivity index (χ2v) is 29.9. The molecule has 10 N–H and O–H groups in total. The molecule has 5 aromatic carbocycles. The van der Waals surface area contributed by atoms with Gasteiger partial charge in [-0.2, -0.15) is 9.97 Å². The van der Waals surface area contributed by atoms with Crippen LogP contribution in [0.15, 0.2) is 209 Å². The van der Waals surface area contributed by atoms with Crippen molar-refractivity contribution in [1.82, 2.24) is 97.0 Å². The largest absolute Gasteiger partial charge is 0.486 e. The first-order valence-electron chi connectivity index (χ1n) is 41.2. The molecule has 2 saturated heterocycles. The number of imidazole rings is 5.